The molecule has 0 radical (unpaired) electrons. The number of benzene rings is 2. The molecule has 0 aromatic heterocycles. The third kappa shape index (κ3) is 5.05. The van der Waals surface area contributed by atoms with Crippen LogP contribution < -0.4 is 0 Å². The Morgan fingerprint density at radius 1 is 1.00 bits per heavy atom. The molecular weight excluding hydrogens is 257 g/mol. The fourth-order valence-corrected chi connectivity index (χ4v) is 2.80. The predicted octanol–water partition coefficient (Wildman–Crippen LogP) is 4.05. The van der Waals surface area contributed by atoms with E-state index in [2.05, 4.69) is 36.2 Å². The fraction of sp³-hybridized carbons (Fsp3) is 0.250. The summed E-state index contributed by atoms with van der Waals surface area (Å²) >= 11 is 1.86. The molecule has 0 unspecified atom stereocenters. The van der Waals surface area contributed by atoms with E-state index in [0.717, 1.165) is 24.4 Å². The maximum atomic E-state index is 12.8. The number of hydrogen-bond acceptors (Lipinski definition) is 2. The topological polar surface area (TPSA) is 3.24 Å². The molecule has 2 rings (SSSR count). The van der Waals surface area contributed by atoms with Crippen molar-refractivity contribution in [3.05, 3.63) is 66.0 Å². The van der Waals surface area contributed by atoms with E-state index in [4.69, 9.17) is 0 Å². The Labute approximate surface area is 118 Å². The summed E-state index contributed by atoms with van der Waals surface area (Å²) in [6.45, 7) is 1.87. The lowest BCUT2D eigenvalue weighted by Gasteiger charge is -2.16. The molecule has 0 aliphatic carbocycles. The quantitative estimate of drug-likeness (QED) is 0.732. The molecule has 19 heavy (non-hydrogen) atoms. The third-order valence-corrected chi connectivity index (χ3v) is 3.84. The summed E-state index contributed by atoms with van der Waals surface area (Å²) in [6, 6.07) is 17.1. The molecule has 2 aromatic rings. The van der Waals surface area contributed by atoms with Crippen LogP contribution in [0.25, 0.3) is 0 Å². The standard InChI is InChI=1S/C16H18FNS/c1-18(13-14-7-9-15(17)10-8-14)11-12-19-16-5-3-2-4-6-16/h2-10H,11-13H2,1H3. The molecule has 0 aliphatic rings. The molecule has 0 aliphatic heterocycles. The Kier molecular flexibility index (Phi) is 5.43. The van der Waals surface area contributed by atoms with Crippen molar-refractivity contribution in [2.45, 2.75) is 11.4 Å². The average molecular weight is 275 g/mol. The molecule has 0 atom stereocenters. The highest BCUT2D eigenvalue weighted by Crippen LogP contribution is 2.17. The van der Waals surface area contributed by atoms with Gasteiger partial charge in [0.2, 0.25) is 0 Å². The summed E-state index contributed by atoms with van der Waals surface area (Å²) in [6.07, 6.45) is 0. The van der Waals surface area contributed by atoms with Crippen LogP contribution in [-0.2, 0) is 6.54 Å². The lowest BCUT2D eigenvalue weighted by atomic mass is 10.2. The largest absolute Gasteiger partial charge is 0.301 e. The Morgan fingerprint density at radius 2 is 1.68 bits per heavy atom. The van der Waals surface area contributed by atoms with Gasteiger partial charge in [0.05, 0.1) is 0 Å². The van der Waals surface area contributed by atoms with Gasteiger partial charge in [0.25, 0.3) is 0 Å². The Bertz CT molecular complexity index is 484. The minimum Gasteiger partial charge on any atom is -0.301 e. The van der Waals surface area contributed by atoms with Crippen LogP contribution in [0, 0.1) is 5.82 Å². The van der Waals surface area contributed by atoms with E-state index in [9.17, 15) is 4.39 Å². The van der Waals surface area contributed by atoms with E-state index in [0.29, 0.717) is 0 Å². The van der Waals surface area contributed by atoms with Gasteiger partial charge in [-0.05, 0) is 36.9 Å². The van der Waals surface area contributed by atoms with Crippen molar-refractivity contribution >= 4 is 11.8 Å². The highest BCUT2D eigenvalue weighted by atomic mass is 32.2. The van der Waals surface area contributed by atoms with Crippen molar-refractivity contribution in [1.29, 1.82) is 0 Å². The molecule has 1 nitrogen and oxygen atoms in total. The number of thioether (sulfide) groups is 1. The van der Waals surface area contributed by atoms with E-state index in [1.807, 2.05) is 30.0 Å². The molecule has 0 bridgehead atoms. The van der Waals surface area contributed by atoms with Crippen molar-refractivity contribution in [3.8, 4) is 0 Å². The highest BCUT2D eigenvalue weighted by Gasteiger charge is 2.01. The summed E-state index contributed by atoms with van der Waals surface area (Å²) in [5, 5.41) is 0. The van der Waals surface area contributed by atoms with Crippen LogP contribution in [0.5, 0.6) is 0 Å². The maximum absolute atomic E-state index is 12.8. The second-order valence-corrected chi connectivity index (χ2v) is 5.69. The first-order chi connectivity index (χ1) is 9.24. The lowest BCUT2D eigenvalue weighted by Crippen LogP contribution is -2.20. The summed E-state index contributed by atoms with van der Waals surface area (Å²) in [7, 11) is 2.09. The third-order valence-electron chi connectivity index (χ3n) is 2.85. The first-order valence-electron chi connectivity index (χ1n) is 6.35. The van der Waals surface area contributed by atoms with Gasteiger partial charge < -0.3 is 4.90 Å². The van der Waals surface area contributed by atoms with E-state index in [-0.39, 0.29) is 5.82 Å². The highest BCUT2D eigenvalue weighted by molar-refractivity contribution is 7.99. The van der Waals surface area contributed by atoms with Gasteiger partial charge in [0.15, 0.2) is 0 Å². The smallest absolute Gasteiger partial charge is 0.123 e. The molecule has 0 amide bonds. The zero-order chi connectivity index (χ0) is 13.5. The average Bonchev–Trinajstić information content (AvgIpc) is 2.43. The zero-order valence-corrected chi connectivity index (χ0v) is 11.9. The van der Waals surface area contributed by atoms with Crippen LogP contribution in [0.2, 0.25) is 0 Å². The van der Waals surface area contributed by atoms with Crippen molar-refractivity contribution < 1.29 is 4.39 Å². The van der Waals surface area contributed by atoms with Gasteiger partial charge in [-0.15, -0.1) is 11.8 Å². The summed E-state index contributed by atoms with van der Waals surface area (Å²) < 4.78 is 12.8. The van der Waals surface area contributed by atoms with Crippen molar-refractivity contribution in [3.63, 3.8) is 0 Å². The zero-order valence-electron chi connectivity index (χ0n) is 11.1. The van der Waals surface area contributed by atoms with Crippen LogP contribution >= 0.6 is 11.8 Å². The number of hydrogen-bond donors (Lipinski definition) is 0. The van der Waals surface area contributed by atoms with Crippen LogP contribution in [0.15, 0.2) is 59.5 Å². The van der Waals surface area contributed by atoms with Gasteiger partial charge in [-0.1, -0.05) is 30.3 Å². The van der Waals surface area contributed by atoms with Crippen LogP contribution in [0.4, 0.5) is 4.39 Å². The van der Waals surface area contributed by atoms with Crippen molar-refractivity contribution in [1.82, 2.24) is 4.90 Å². The molecule has 0 N–H and O–H groups in total. The molecule has 0 saturated carbocycles. The Balaban J connectivity index is 1.73. The van der Waals surface area contributed by atoms with E-state index in [1.54, 1.807) is 0 Å². The second kappa shape index (κ2) is 7.31. The molecule has 0 spiro atoms. The van der Waals surface area contributed by atoms with E-state index < -0.39 is 0 Å². The van der Waals surface area contributed by atoms with Gasteiger partial charge in [-0.25, -0.2) is 4.39 Å². The minimum absolute atomic E-state index is 0.175. The predicted molar refractivity (Wildman–Crippen MR) is 79.9 cm³/mol. The molecule has 2 aromatic carbocycles. The van der Waals surface area contributed by atoms with E-state index >= 15 is 0 Å². The van der Waals surface area contributed by atoms with Crippen molar-refractivity contribution in [2.24, 2.45) is 0 Å². The molecular formula is C16H18FNS. The number of halogens is 1. The summed E-state index contributed by atoms with van der Waals surface area (Å²) in [4.78, 5) is 3.56. The van der Waals surface area contributed by atoms with Gasteiger partial charge in [0, 0.05) is 23.7 Å². The van der Waals surface area contributed by atoms with Crippen LogP contribution in [0.1, 0.15) is 5.56 Å². The monoisotopic (exact) mass is 275 g/mol. The maximum Gasteiger partial charge on any atom is 0.123 e. The molecule has 0 saturated heterocycles. The minimum atomic E-state index is -0.175. The molecule has 0 heterocycles. The van der Waals surface area contributed by atoms with Gasteiger partial charge in [0.1, 0.15) is 5.82 Å². The summed E-state index contributed by atoms with van der Waals surface area (Å²) in [5.41, 5.74) is 1.15. The molecule has 0 fully saturated rings. The van der Waals surface area contributed by atoms with Gasteiger partial charge >= 0.3 is 0 Å². The van der Waals surface area contributed by atoms with E-state index in [1.165, 1.54) is 17.0 Å². The lowest BCUT2D eigenvalue weighted by molar-refractivity contribution is 0.348. The van der Waals surface area contributed by atoms with Gasteiger partial charge in [-0.3, -0.25) is 0 Å². The second-order valence-electron chi connectivity index (χ2n) is 4.53. The first-order valence-corrected chi connectivity index (χ1v) is 7.33. The molecule has 3 heteroatoms. The number of rotatable bonds is 6. The van der Waals surface area contributed by atoms with Crippen LogP contribution in [-0.4, -0.2) is 24.2 Å². The summed E-state index contributed by atoms with van der Waals surface area (Å²) in [5.74, 6) is 0.882. The normalized spacial score (nSPS) is 10.9. The van der Waals surface area contributed by atoms with Crippen molar-refractivity contribution in [2.75, 3.05) is 19.3 Å². The Hall–Kier alpha value is -1.32. The molecule has 100 valence electrons. The SMILES string of the molecule is CN(CCSc1ccccc1)Cc1ccc(F)cc1. The van der Waals surface area contributed by atoms with Gasteiger partial charge in [-0.2, -0.15) is 0 Å². The number of nitrogens with zero attached hydrogens (tertiary/aromatic N) is 1. The Morgan fingerprint density at radius 3 is 2.37 bits per heavy atom. The fourth-order valence-electron chi connectivity index (χ4n) is 1.82. The first kappa shape index (κ1) is 14.1. The van der Waals surface area contributed by atoms with Crippen LogP contribution in [0.3, 0.4) is 0 Å².